The number of nitrogens with two attached hydrogens (primary N) is 1. The van der Waals surface area contributed by atoms with Gasteiger partial charge in [0, 0.05) is 15.7 Å². The summed E-state index contributed by atoms with van der Waals surface area (Å²) in [5.41, 5.74) is 4.62. The predicted octanol–water partition coefficient (Wildman–Crippen LogP) is 3.92. The lowest BCUT2D eigenvalue weighted by Gasteiger charge is -2.22. The maximum absolute atomic E-state index is 6.39. The van der Waals surface area contributed by atoms with Crippen LogP contribution in [0, 0.1) is 13.8 Å². The fraction of sp³-hybridized carbons (Fsp3) is 0.278. The van der Waals surface area contributed by atoms with Gasteiger partial charge in [-0.05, 0) is 37.6 Å². The Morgan fingerprint density at radius 1 is 1.18 bits per heavy atom. The van der Waals surface area contributed by atoms with Gasteiger partial charge in [0.1, 0.15) is 0 Å². The highest BCUT2D eigenvalue weighted by Crippen LogP contribution is 2.34. The first-order valence-electron chi connectivity index (χ1n) is 7.49. The highest BCUT2D eigenvalue weighted by Gasteiger charge is 2.23. The van der Waals surface area contributed by atoms with E-state index in [9.17, 15) is 0 Å². The van der Waals surface area contributed by atoms with Gasteiger partial charge in [0.25, 0.3) is 0 Å². The molecule has 0 amide bonds. The summed E-state index contributed by atoms with van der Waals surface area (Å²) in [6.45, 7) is 7.27. The number of fused-ring (bicyclic) bond motifs is 1. The summed E-state index contributed by atoms with van der Waals surface area (Å²) >= 11 is 1.89. The molecule has 0 radical (unpaired) electrons. The molecule has 1 aliphatic rings. The second-order valence-electron chi connectivity index (χ2n) is 5.76. The molecule has 1 heterocycles. The molecule has 1 aliphatic heterocycles. The number of para-hydroxylation sites is 1. The van der Waals surface area contributed by atoms with E-state index in [1.54, 1.807) is 5.01 Å². The number of hydrogen-bond acceptors (Lipinski definition) is 4. The summed E-state index contributed by atoms with van der Waals surface area (Å²) in [6, 6.07) is 14.4. The Balaban J connectivity index is 2.12. The van der Waals surface area contributed by atoms with Crippen molar-refractivity contribution in [2.45, 2.75) is 30.9 Å². The molecular weight excluding hydrogens is 290 g/mol. The zero-order valence-electron chi connectivity index (χ0n) is 13.2. The summed E-state index contributed by atoms with van der Waals surface area (Å²) in [7, 11) is 0. The number of aryl methyl sites for hydroxylation is 2. The van der Waals surface area contributed by atoms with Crippen LogP contribution in [0.4, 0.5) is 5.69 Å². The Hall–Kier alpha value is -1.78. The Kier molecular flexibility index (Phi) is 4.23. The molecule has 3 rings (SSSR count). The molecule has 1 unspecified atom stereocenters. The van der Waals surface area contributed by atoms with Crippen molar-refractivity contribution in [2.24, 2.45) is 10.8 Å². The number of rotatable bonds is 1. The number of hydrogen-bond donors (Lipinski definition) is 1. The van der Waals surface area contributed by atoms with E-state index in [2.05, 4.69) is 32.9 Å². The van der Waals surface area contributed by atoms with Crippen LogP contribution in [0.5, 0.6) is 0 Å². The Bertz CT molecular complexity index is 710. The molecule has 0 bridgehead atoms. The van der Waals surface area contributed by atoms with E-state index in [4.69, 9.17) is 10.8 Å². The van der Waals surface area contributed by atoms with Crippen LogP contribution < -0.4 is 10.9 Å². The Labute approximate surface area is 136 Å². The van der Waals surface area contributed by atoms with Gasteiger partial charge in [0.2, 0.25) is 0 Å². The van der Waals surface area contributed by atoms with Crippen molar-refractivity contribution in [2.75, 3.05) is 11.6 Å². The summed E-state index contributed by atoms with van der Waals surface area (Å²) < 4.78 is 0. The van der Waals surface area contributed by atoms with Crippen LogP contribution >= 0.6 is 11.8 Å². The molecule has 2 aromatic carbocycles. The quantitative estimate of drug-likeness (QED) is 0.641. The number of hydrazine groups is 1. The smallest absolute Gasteiger partial charge is 0.151 e. The normalized spacial score (nSPS) is 17.5. The zero-order chi connectivity index (χ0) is 15.7. The molecule has 0 aliphatic carbocycles. The van der Waals surface area contributed by atoms with Crippen molar-refractivity contribution in [1.82, 2.24) is 0 Å². The van der Waals surface area contributed by atoms with Gasteiger partial charge in [-0.1, -0.05) is 36.8 Å². The summed E-state index contributed by atoms with van der Waals surface area (Å²) in [5.74, 6) is 7.24. The highest BCUT2D eigenvalue weighted by molar-refractivity contribution is 8.00. The van der Waals surface area contributed by atoms with Crippen LogP contribution in [0.15, 0.2) is 52.4 Å². The molecule has 0 saturated carbocycles. The van der Waals surface area contributed by atoms with E-state index >= 15 is 0 Å². The maximum atomic E-state index is 6.39. The molecule has 0 spiro atoms. The first-order chi connectivity index (χ1) is 10.6. The van der Waals surface area contributed by atoms with Crippen LogP contribution in [-0.4, -0.2) is 17.6 Å². The third-order valence-corrected chi connectivity index (χ3v) is 5.07. The number of amidine groups is 1. The second-order valence-corrected chi connectivity index (χ2v) is 7.21. The van der Waals surface area contributed by atoms with Gasteiger partial charge in [-0.25, -0.2) is 5.84 Å². The van der Waals surface area contributed by atoms with E-state index in [-0.39, 0.29) is 0 Å². The molecule has 114 valence electrons. The second kappa shape index (κ2) is 6.15. The SMILES string of the molecule is Cc1cc(C)c2c(c1)C(N(N)c1ccccc1)=NCC(C)S2. The van der Waals surface area contributed by atoms with Gasteiger partial charge in [-0.2, -0.15) is 0 Å². The van der Waals surface area contributed by atoms with Crippen molar-refractivity contribution in [1.29, 1.82) is 0 Å². The van der Waals surface area contributed by atoms with Crippen LogP contribution in [-0.2, 0) is 0 Å². The van der Waals surface area contributed by atoms with E-state index < -0.39 is 0 Å². The highest BCUT2D eigenvalue weighted by atomic mass is 32.2. The molecule has 3 nitrogen and oxygen atoms in total. The van der Waals surface area contributed by atoms with Gasteiger partial charge in [-0.3, -0.25) is 10.0 Å². The van der Waals surface area contributed by atoms with Crippen molar-refractivity contribution < 1.29 is 0 Å². The van der Waals surface area contributed by atoms with Gasteiger partial charge < -0.3 is 0 Å². The third kappa shape index (κ3) is 2.89. The molecule has 0 fully saturated rings. The maximum Gasteiger partial charge on any atom is 0.151 e. The number of aliphatic imine (C=N–C) groups is 1. The minimum atomic E-state index is 0.446. The fourth-order valence-corrected chi connectivity index (χ4v) is 3.81. The molecule has 0 saturated heterocycles. The molecule has 22 heavy (non-hydrogen) atoms. The van der Waals surface area contributed by atoms with Gasteiger partial charge in [0.15, 0.2) is 5.84 Å². The average Bonchev–Trinajstić information content (AvgIpc) is 2.67. The minimum absolute atomic E-state index is 0.446. The zero-order valence-corrected chi connectivity index (χ0v) is 14.0. The molecule has 2 N–H and O–H groups in total. The average molecular weight is 311 g/mol. The molecule has 2 aromatic rings. The third-order valence-electron chi connectivity index (χ3n) is 3.74. The minimum Gasteiger partial charge on any atom is -0.265 e. The van der Waals surface area contributed by atoms with Gasteiger partial charge >= 0.3 is 0 Å². The predicted molar refractivity (Wildman–Crippen MR) is 95.7 cm³/mol. The standard InChI is InChI=1S/C18H21N3S/c1-12-9-13(2)17-16(10-12)18(20-11-14(3)22-17)21(19)15-7-5-4-6-8-15/h4-10,14H,11,19H2,1-3H3. The number of nitrogens with zero attached hydrogens (tertiary/aromatic N) is 2. The molecule has 4 heteroatoms. The number of thioether (sulfide) groups is 1. The van der Waals surface area contributed by atoms with Crippen molar-refractivity contribution in [3.63, 3.8) is 0 Å². The van der Waals surface area contributed by atoms with Crippen LogP contribution in [0.2, 0.25) is 0 Å². The van der Waals surface area contributed by atoms with E-state index in [1.165, 1.54) is 16.0 Å². The number of benzene rings is 2. The molecule has 1 atom stereocenters. The van der Waals surface area contributed by atoms with Gasteiger partial charge in [-0.15, -0.1) is 11.8 Å². The topological polar surface area (TPSA) is 41.6 Å². The Morgan fingerprint density at radius 2 is 1.91 bits per heavy atom. The lowest BCUT2D eigenvalue weighted by atomic mass is 10.1. The fourth-order valence-electron chi connectivity index (χ4n) is 2.73. The lowest BCUT2D eigenvalue weighted by molar-refractivity contribution is 0.946. The van der Waals surface area contributed by atoms with Crippen molar-refractivity contribution in [3.8, 4) is 0 Å². The van der Waals surface area contributed by atoms with Crippen molar-refractivity contribution in [3.05, 3.63) is 59.2 Å². The summed E-state index contributed by atoms with van der Waals surface area (Å²) in [5, 5.41) is 2.15. The largest absolute Gasteiger partial charge is 0.265 e. The monoisotopic (exact) mass is 311 g/mol. The van der Waals surface area contributed by atoms with E-state index in [1.807, 2.05) is 42.1 Å². The van der Waals surface area contributed by atoms with Crippen molar-refractivity contribution >= 4 is 23.3 Å². The van der Waals surface area contributed by atoms with Crippen LogP contribution in [0.25, 0.3) is 0 Å². The van der Waals surface area contributed by atoms with Crippen LogP contribution in [0.1, 0.15) is 23.6 Å². The first kappa shape index (κ1) is 15.1. The van der Waals surface area contributed by atoms with E-state index in [0.717, 1.165) is 23.6 Å². The van der Waals surface area contributed by atoms with Crippen LogP contribution in [0.3, 0.4) is 0 Å². The van der Waals surface area contributed by atoms with Gasteiger partial charge in [0.05, 0.1) is 12.2 Å². The molecular formula is C18H21N3S. The number of anilines is 1. The lowest BCUT2D eigenvalue weighted by Crippen LogP contribution is -2.38. The Morgan fingerprint density at radius 3 is 2.64 bits per heavy atom. The first-order valence-corrected chi connectivity index (χ1v) is 8.37. The summed E-state index contributed by atoms with van der Waals surface area (Å²) in [4.78, 5) is 6.09. The molecule has 0 aromatic heterocycles. The summed E-state index contributed by atoms with van der Waals surface area (Å²) in [6.07, 6.45) is 0. The van der Waals surface area contributed by atoms with E-state index in [0.29, 0.717) is 5.25 Å².